The normalized spacial score (nSPS) is 21.9. The number of hydrogen-bond acceptors (Lipinski definition) is 4. The van der Waals surface area contributed by atoms with Gasteiger partial charge in [0.25, 0.3) is 5.69 Å². The van der Waals surface area contributed by atoms with Crippen molar-refractivity contribution in [3.8, 4) is 0 Å². The Balaban J connectivity index is 2.09. The SMILES string of the molecule is CC1(C)CCCC(Nc2ncc([N+](=O)[O-])cc2Br)C1. The molecular weight excluding hydrogens is 310 g/mol. The highest BCUT2D eigenvalue weighted by molar-refractivity contribution is 9.10. The van der Waals surface area contributed by atoms with E-state index in [2.05, 4.69) is 40.1 Å². The van der Waals surface area contributed by atoms with Gasteiger partial charge in [0.1, 0.15) is 12.0 Å². The lowest BCUT2D eigenvalue weighted by Crippen LogP contribution is -2.32. The van der Waals surface area contributed by atoms with Crippen LogP contribution in [-0.2, 0) is 0 Å². The molecule has 1 aliphatic carbocycles. The van der Waals surface area contributed by atoms with Gasteiger partial charge in [-0.25, -0.2) is 4.98 Å². The molecule has 1 N–H and O–H groups in total. The molecule has 0 aliphatic heterocycles. The Bertz CT molecular complexity index is 491. The Morgan fingerprint density at radius 1 is 1.58 bits per heavy atom. The molecule has 5 nitrogen and oxygen atoms in total. The van der Waals surface area contributed by atoms with E-state index in [1.165, 1.54) is 25.1 Å². The summed E-state index contributed by atoms with van der Waals surface area (Å²) in [7, 11) is 0. The fourth-order valence-corrected chi connectivity index (χ4v) is 3.10. The van der Waals surface area contributed by atoms with Gasteiger partial charge in [-0.1, -0.05) is 20.3 Å². The van der Waals surface area contributed by atoms with Gasteiger partial charge >= 0.3 is 0 Å². The third kappa shape index (κ3) is 3.65. The highest BCUT2D eigenvalue weighted by atomic mass is 79.9. The fourth-order valence-electron chi connectivity index (χ4n) is 2.65. The third-order valence-corrected chi connectivity index (χ3v) is 4.19. The Kier molecular flexibility index (Phi) is 4.08. The number of pyridine rings is 1. The molecule has 1 fully saturated rings. The Hall–Kier alpha value is -1.17. The van der Waals surface area contributed by atoms with Crippen molar-refractivity contribution < 1.29 is 4.92 Å². The molecule has 104 valence electrons. The lowest BCUT2D eigenvalue weighted by Gasteiger charge is -2.35. The second kappa shape index (κ2) is 5.45. The molecular formula is C13H18BrN3O2. The molecule has 0 bridgehead atoms. The minimum atomic E-state index is -0.439. The largest absolute Gasteiger partial charge is 0.366 e. The molecule has 6 heteroatoms. The first kappa shape index (κ1) is 14.2. The highest BCUT2D eigenvalue weighted by Crippen LogP contribution is 2.37. The van der Waals surface area contributed by atoms with Gasteiger partial charge < -0.3 is 5.32 Å². The van der Waals surface area contributed by atoms with Crippen molar-refractivity contribution in [3.05, 3.63) is 26.9 Å². The predicted octanol–water partition coefficient (Wildman–Crippen LogP) is 4.13. The topological polar surface area (TPSA) is 68.1 Å². The summed E-state index contributed by atoms with van der Waals surface area (Å²) >= 11 is 3.34. The quantitative estimate of drug-likeness (QED) is 0.669. The Labute approximate surface area is 121 Å². The van der Waals surface area contributed by atoms with Gasteiger partial charge in [0.05, 0.1) is 9.40 Å². The summed E-state index contributed by atoms with van der Waals surface area (Å²) in [5, 5.41) is 14.1. The van der Waals surface area contributed by atoms with Crippen LogP contribution in [0.25, 0.3) is 0 Å². The van der Waals surface area contributed by atoms with Crippen LogP contribution in [0.2, 0.25) is 0 Å². The number of anilines is 1. The van der Waals surface area contributed by atoms with E-state index < -0.39 is 4.92 Å². The van der Waals surface area contributed by atoms with Gasteiger partial charge in [-0.15, -0.1) is 0 Å². The molecule has 1 heterocycles. The minimum absolute atomic E-state index is 0.00130. The molecule has 1 aromatic heterocycles. The van der Waals surface area contributed by atoms with Crippen molar-refractivity contribution in [2.45, 2.75) is 45.6 Å². The summed E-state index contributed by atoms with van der Waals surface area (Å²) in [5.41, 5.74) is 0.352. The Morgan fingerprint density at radius 2 is 2.32 bits per heavy atom. The highest BCUT2D eigenvalue weighted by Gasteiger charge is 2.28. The van der Waals surface area contributed by atoms with E-state index in [1.54, 1.807) is 0 Å². The van der Waals surface area contributed by atoms with Crippen molar-refractivity contribution in [2.75, 3.05) is 5.32 Å². The molecule has 1 aromatic rings. The Morgan fingerprint density at radius 3 is 2.89 bits per heavy atom. The zero-order chi connectivity index (χ0) is 14.0. The molecule has 2 rings (SSSR count). The summed E-state index contributed by atoms with van der Waals surface area (Å²) in [6.45, 7) is 4.55. The zero-order valence-corrected chi connectivity index (χ0v) is 12.7. The number of hydrogen-bond donors (Lipinski definition) is 1. The van der Waals surface area contributed by atoms with Gasteiger partial charge in [0.15, 0.2) is 0 Å². The summed E-state index contributed by atoms with van der Waals surface area (Å²) < 4.78 is 0.644. The third-order valence-electron chi connectivity index (χ3n) is 3.58. The van der Waals surface area contributed by atoms with Crippen molar-refractivity contribution >= 4 is 27.4 Å². The second-order valence-corrected chi connectivity index (χ2v) is 6.74. The van der Waals surface area contributed by atoms with Gasteiger partial charge in [-0.3, -0.25) is 10.1 Å². The summed E-state index contributed by atoms with van der Waals surface area (Å²) in [4.78, 5) is 14.4. The van der Waals surface area contributed by atoms with Gasteiger partial charge in [-0.05, 0) is 40.6 Å². The van der Waals surface area contributed by atoms with E-state index in [1.807, 2.05) is 0 Å². The van der Waals surface area contributed by atoms with Crippen LogP contribution in [-0.4, -0.2) is 15.9 Å². The maximum Gasteiger partial charge on any atom is 0.288 e. The molecule has 1 saturated carbocycles. The van der Waals surface area contributed by atoms with Crippen LogP contribution in [0.5, 0.6) is 0 Å². The standard InChI is InChI=1S/C13H18BrN3O2/c1-13(2)5-3-4-9(7-13)16-12-11(14)6-10(8-15-12)17(18)19/h6,8-9H,3-5,7H2,1-2H3,(H,15,16). The van der Waals surface area contributed by atoms with Crippen LogP contribution in [0.1, 0.15) is 39.5 Å². The number of nitrogens with one attached hydrogen (secondary N) is 1. The fraction of sp³-hybridized carbons (Fsp3) is 0.615. The number of aromatic nitrogens is 1. The van der Waals surface area contributed by atoms with Crippen LogP contribution in [0.3, 0.4) is 0 Å². The number of halogens is 1. The minimum Gasteiger partial charge on any atom is -0.366 e. The van der Waals surface area contributed by atoms with Crippen LogP contribution in [0.4, 0.5) is 11.5 Å². The maximum absolute atomic E-state index is 10.7. The first-order chi connectivity index (χ1) is 8.87. The average molecular weight is 328 g/mol. The maximum atomic E-state index is 10.7. The zero-order valence-electron chi connectivity index (χ0n) is 11.1. The van der Waals surface area contributed by atoms with Gasteiger partial charge in [0.2, 0.25) is 0 Å². The summed E-state index contributed by atoms with van der Waals surface area (Å²) in [6.07, 6.45) is 5.96. The van der Waals surface area contributed by atoms with Crippen molar-refractivity contribution in [1.29, 1.82) is 0 Å². The molecule has 0 radical (unpaired) electrons. The lowest BCUT2D eigenvalue weighted by molar-refractivity contribution is -0.385. The number of nitrogens with zero attached hydrogens (tertiary/aromatic N) is 2. The lowest BCUT2D eigenvalue weighted by atomic mass is 9.75. The van der Waals surface area contributed by atoms with Crippen LogP contribution in [0, 0.1) is 15.5 Å². The summed E-state index contributed by atoms with van der Waals surface area (Å²) in [6, 6.07) is 1.87. The molecule has 1 atom stereocenters. The van der Waals surface area contributed by atoms with Crippen molar-refractivity contribution in [3.63, 3.8) is 0 Å². The first-order valence-corrected chi connectivity index (χ1v) is 7.23. The predicted molar refractivity (Wildman–Crippen MR) is 78.3 cm³/mol. The van der Waals surface area contributed by atoms with E-state index >= 15 is 0 Å². The van der Waals surface area contributed by atoms with E-state index in [-0.39, 0.29) is 5.69 Å². The molecule has 0 aromatic carbocycles. The molecule has 19 heavy (non-hydrogen) atoms. The average Bonchev–Trinajstić information content (AvgIpc) is 2.30. The number of rotatable bonds is 3. The second-order valence-electron chi connectivity index (χ2n) is 5.88. The van der Waals surface area contributed by atoms with E-state index in [0.29, 0.717) is 21.7 Å². The molecule has 0 saturated heterocycles. The molecule has 0 spiro atoms. The molecule has 0 amide bonds. The van der Waals surface area contributed by atoms with Crippen molar-refractivity contribution in [2.24, 2.45) is 5.41 Å². The van der Waals surface area contributed by atoms with Crippen molar-refractivity contribution in [1.82, 2.24) is 4.98 Å². The van der Waals surface area contributed by atoms with Crippen LogP contribution >= 0.6 is 15.9 Å². The summed E-state index contributed by atoms with van der Waals surface area (Å²) in [5.74, 6) is 0.688. The molecule has 1 unspecified atom stereocenters. The molecule has 1 aliphatic rings. The van der Waals surface area contributed by atoms with Crippen LogP contribution < -0.4 is 5.32 Å². The smallest absolute Gasteiger partial charge is 0.288 e. The van der Waals surface area contributed by atoms with Gasteiger partial charge in [-0.2, -0.15) is 0 Å². The monoisotopic (exact) mass is 327 g/mol. The van der Waals surface area contributed by atoms with Crippen LogP contribution in [0.15, 0.2) is 16.7 Å². The van der Waals surface area contributed by atoms with E-state index in [9.17, 15) is 10.1 Å². The number of nitro groups is 1. The van der Waals surface area contributed by atoms with E-state index in [0.717, 1.165) is 12.8 Å². The van der Waals surface area contributed by atoms with Gasteiger partial charge in [0, 0.05) is 12.1 Å². The first-order valence-electron chi connectivity index (χ1n) is 6.44. The van der Waals surface area contributed by atoms with E-state index in [4.69, 9.17) is 0 Å².